The summed E-state index contributed by atoms with van der Waals surface area (Å²) in [5.41, 5.74) is 0.689. The van der Waals surface area contributed by atoms with Crippen LogP contribution >= 0.6 is 15.9 Å². The Balaban J connectivity index is 1.83. The lowest BCUT2D eigenvalue weighted by molar-refractivity contribution is 0.0947. The third-order valence-corrected chi connectivity index (χ3v) is 4.35. The summed E-state index contributed by atoms with van der Waals surface area (Å²) >= 11 is 3.63. The minimum absolute atomic E-state index is 0.000815. The number of hydrogen-bond acceptors (Lipinski definition) is 2. The van der Waals surface area contributed by atoms with Crippen LogP contribution in [0.25, 0.3) is 0 Å². The van der Waals surface area contributed by atoms with Crippen LogP contribution in [0.2, 0.25) is 0 Å². The molecule has 1 amide bonds. The molecule has 110 valence electrons. The van der Waals surface area contributed by atoms with E-state index in [4.69, 9.17) is 4.74 Å². The van der Waals surface area contributed by atoms with Gasteiger partial charge in [0.25, 0.3) is 5.91 Å². The second kappa shape index (κ2) is 7.11. The van der Waals surface area contributed by atoms with Crippen molar-refractivity contribution in [1.29, 1.82) is 0 Å². The molecule has 0 radical (unpaired) electrons. The van der Waals surface area contributed by atoms with E-state index in [2.05, 4.69) is 21.2 Å². The summed E-state index contributed by atoms with van der Waals surface area (Å²) in [6.07, 6.45) is 3.70. The van der Waals surface area contributed by atoms with E-state index in [1.807, 2.05) is 38.1 Å². The van der Waals surface area contributed by atoms with Crippen LogP contribution < -0.4 is 10.1 Å². The lowest BCUT2D eigenvalue weighted by Crippen LogP contribution is -2.28. The number of benzene rings is 1. The maximum atomic E-state index is 12.1. The van der Waals surface area contributed by atoms with Gasteiger partial charge in [-0.05, 0) is 63.3 Å². The van der Waals surface area contributed by atoms with Crippen molar-refractivity contribution in [2.24, 2.45) is 5.92 Å². The molecular formula is C16H22BrNO2. The standard InChI is InChI=1S/C16H22BrNO2/c1-11(2)20-15-7-4-13(5-8-15)16(19)18-10-12-3-6-14(17)9-12/h4-5,7-8,11-12,14H,3,6,9-10H2,1-2H3,(H,18,19). The molecule has 1 aromatic rings. The second-order valence-corrected chi connectivity index (χ2v) is 6.97. The van der Waals surface area contributed by atoms with Crippen LogP contribution in [0.4, 0.5) is 0 Å². The summed E-state index contributed by atoms with van der Waals surface area (Å²) in [4.78, 5) is 12.7. The van der Waals surface area contributed by atoms with Crippen molar-refractivity contribution in [3.8, 4) is 5.75 Å². The first kappa shape index (κ1) is 15.4. The van der Waals surface area contributed by atoms with Gasteiger partial charge < -0.3 is 10.1 Å². The number of carbonyl (C=O) groups is 1. The van der Waals surface area contributed by atoms with Gasteiger partial charge in [0, 0.05) is 16.9 Å². The summed E-state index contributed by atoms with van der Waals surface area (Å²) in [5.74, 6) is 1.40. The molecule has 1 aliphatic rings. The molecule has 1 saturated carbocycles. The van der Waals surface area contributed by atoms with Crippen molar-refractivity contribution in [3.63, 3.8) is 0 Å². The molecule has 3 nitrogen and oxygen atoms in total. The first-order chi connectivity index (χ1) is 9.54. The Kier molecular flexibility index (Phi) is 5.46. The molecule has 0 aromatic heterocycles. The number of nitrogens with one attached hydrogen (secondary N) is 1. The molecule has 1 N–H and O–H groups in total. The molecule has 0 spiro atoms. The third kappa shape index (κ3) is 4.51. The second-order valence-electron chi connectivity index (χ2n) is 5.68. The normalized spacial score (nSPS) is 22.0. The average molecular weight is 340 g/mol. The van der Waals surface area contributed by atoms with Crippen LogP contribution in [-0.4, -0.2) is 23.4 Å². The van der Waals surface area contributed by atoms with Crippen LogP contribution in [0.3, 0.4) is 0 Å². The average Bonchev–Trinajstić information content (AvgIpc) is 2.82. The maximum Gasteiger partial charge on any atom is 0.251 e. The summed E-state index contributed by atoms with van der Waals surface area (Å²) in [5, 5.41) is 3.02. The van der Waals surface area contributed by atoms with E-state index in [0.29, 0.717) is 16.3 Å². The molecule has 0 heterocycles. The predicted octanol–water partition coefficient (Wildman–Crippen LogP) is 3.77. The van der Waals surface area contributed by atoms with Crippen molar-refractivity contribution in [2.45, 2.75) is 44.0 Å². The fourth-order valence-electron chi connectivity index (χ4n) is 2.50. The maximum absolute atomic E-state index is 12.1. The predicted molar refractivity (Wildman–Crippen MR) is 84.6 cm³/mol. The van der Waals surface area contributed by atoms with E-state index in [9.17, 15) is 4.79 Å². The van der Waals surface area contributed by atoms with Gasteiger partial charge in [0.05, 0.1) is 6.10 Å². The Hall–Kier alpha value is -1.03. The fourth-order valence-corrected chi connectivity index (χ4v) is 3.29. The molecule has 2 atom stereocenters. The zero-order chi connectivity index (χ0) is 14.5. The molecule has 2 rings (SSSR count). The van der Waals surface area contributed by atoms with Gasteiger partial charge in [0.15, 0.2) is 0 Å². The zero-order valence-corrected chi connectivity index (χ0v) is 13.7. The molecule has 0 bridgehead atoms. The Bertz CT molecular complexity index is 444. The number of alkyl halides is 1. The highest BCUT2D eigenvalue weighted by molar-refractivity contribution is 9.09. The first-order valence-electron chi connectivity index (χ1n) is 7.23. The van der Waals surface area contributed by atoms with E-state index in [-0.39, 0.29) is 12.0 Å². The van der Waals surface area contributed by atoms with Gasteiger partial charge in [-0.25, -0.2) is 0 Å². The third-order valence-electron chi connectivity index (χ3n) is 3.52. The van der Waals surface area contributed by atoms with Crippen molar-refractivity contribution in [1.82, 2.24) is 5.32 Å². The summed E-state index contributed by atoms with van der Waals surface area (Å²) in [6.45, 7) is 4.74. The zero-order valence-electron chi connectivity index (χ0n) is 12.1. The molecule has 20 heavy (non-hydrogen) atoms. The number of carbonyl (C=O) groups excluding carboxylic acids is 1. The van der Waals surface area contributed by atoms with Gasteiger partial charge in [-0.1, -0.05) is 15.9 Å². The van der Waals surface area contributed by atoms with Crippen LogP contribution in [-0.2, 0) is 0 Å². The minimum atomic E-state index is -0.000815. The lowest BCUT2D eigenvalue weighted by atomic mass is 10.1. The molecule has 2 unspecified atom stereocenters. The van der Waals surface area contributed by atoms with Crippen LogP contribution in [0.15, 0.2) is 24.3 Å². The molecule has 1 aromatic carbocycles. The minimum Gasteiger partial charge on any atom is -0.491 e. The first-order valence-corrected chi connectivity index (χ1v) is 8.15. The van der Waals surface area contributed by atoms with Gasteiger partial charge in [0.1, 0.15) is 5.75 Å². The Morgan fingerprint density at radius 1 is 1.35 bits per heavy atom. The quantitative estimate of drug-likeness (QED) is 0.829. The van der Waals surface area contributed by atoms with Crippen LogP contribution in [0, 0.1) is 5.92 Å². The summed E-state index contributed by atoms with van der Waals surface area (Å²) < 4.78 is 5.57. The highest BCUT2D eigenvalue weighted by atomic mass is 79.9. The van der Waals surface area contributed by atoms with Crippen LogP contribution in [0.5, 0.6) is 5.75 Å². The van der Waals surface area contributed by atoms with Gasteiger partial charge >= 0.3 is 0 Å². The number of rotatable bonds is 5. The van der Waals surface area contributed by atoms with Gasteiger partial charge in [-0.15, -0.1) is 0 Å². The number of amides is 1. The molecular weight excluding hydrogens is 318 g/mol. The highest BCUT2D eigenvalue weighted by Crippen LogP contribution is 2.30. The van der Waals surface area contributed by atoms with Crippen LogP contribution in [0.1, 0.15) is 43.5 Å². The smallest absolute Gasteiger partial charge is 0.251 e. The SMILES string of the molecule is CC(C)Oc1ccc(C(=O)NCC2CCC(Br)C2)cc1. The Morgan fingerprint density at radius 3 is 2.60 bits per heavy atom. The fraction of sp³-hybridized carbons (Fsp3) is 0.562. The highest BCUT2D eigenvalue weighted by Gasteiger charge is 2.22. The van der Waals surface area contributed by atoms with Gasteiger partial charge in [-0.3, -0.25) is 4.79 Å². The van der Waals surface area contributed by atoms with Gasteiger partial charge in [0.2, 0.25) is 0 Å². The Labute approximate surface area is 129 Å². The van der Waals surface area contributed by atoms with E-state index in [1.165, 1.54) is 12.8 Å². The molecule has 0 aliphatic heterocycles. The summed E-state index contributed by atoms with van der Waals surface area (Å²) in [7, 11) is 0. The molecule has 1 fully saturated rings. The largest absolute Gasteiger partial charge is 0.491 e. The van der Waals surface area contributed by atoms with E-state index in [1.54, 1.807) is 0 Å². The van der Waals surface area contributed by atoms with E-state index >= 15 is 0 Å². The number of halogens is 1. The molecule has 0 saturated heterocycles. The topological polar surface area (TPSA) is 38.3 Å². The number of hydrogen-bond donors (Lipinski definition) is 1. The van der Waals surface area contributed by atoms with Gasteiger partial charge in [-0.2, -0.15) is 0 Å². The lowest BCUT2D eigenvalue weighted by Gasteiger charge is -2.12. The van der Waals surface area contributed by atoms with Crippen molar-refractivity contribution < 1.29 is 9.53 Å². The van der Waals surface area contributed by atoms with Crippen molar-refractivity contribution in [2.75, 3.05) is 6.54 Å². The van der Waals surface area contributed by atoms with Crippen molar-refractivity contribution >= 4 is 21.8 Å². The number of ether oxygens (including phenoxy) is 1. The Morgan fingerprint density at radius 2 is 2.05 bits per heavy atom. The summed E-state index contributed by atoms with van der Waals surface area (Å²) in [6, 6.07) is 7.32. The van der Waals surface area contributed by atoms with E-state index in [0.717, 1.165) is 18.7 Å². The molecule has 1 aliphatic carbocycles. The van der Waals surface area contributed by atoms with E-state index < -0.39 is 0 Å². The monoisotopic (exact) mass is 339 g/mol. The van der Waals surface area contributed by atoms with Crippen molar-refractivity contribution in [3.05, 3.63) is 29.8 Å². The molecule has 4 heteroatoms.